The number of allylic oxidation sites excluding steroid dienone is 1. The summed E-state index contributed by atoms with van der Waals surface area (Å²) in [6.07, 6.45) is 3.79. The fourth-order valence-electron chi connectivity index (χ4n) is 2.84. The Bertz CT molecular complexity index is 695. The lowest BCUT2D eigenvalue weighted by molar-refractivity contribution is -0.302. The van der Waals surface area contributed by atoms with E-state index in [1.807, 2.05) is 44.2 Å². The molecule has 0 aliphatic carbocycles. The van der Waals surface area contributed by atoms with Gasteiger partial charge in [0.2, 0.25) is 0 Å². The summed E-state index contributed by atoms with van der Waals surface area (Å²) in [7, 11) is -1.55. The zero-order valence-corrected chi connectivity index (χ0v) is 17.9. The second-order valence-electron chi connectivity index (χ2n) is 8.21. The number of benzene rings is 1. The number of ether oxygens (including phenoxy) is 3. The van der Waals surface area contributed by atoms with Crippen molar-refractivity contribution in [3.63, 3.8) is 0 Å². The predicted molar refractivity (Wildman–Crippen MR) is 110 cm³/mol. The molecule has 3 atom stereocenters. The zero-order chi connectivity index (χ0) is 19.9. The third kappa shape index (κ3) is 7.82. The van der Waals surface area contributed by atoms with Gasteiger partial charge in [-0.25, -0.2) is 0 Å². The van der Waals surface area contributed by atoms with Crippen molar-refractivity contribution in [2.75, 3.05) is 0 Å². The van der Waals surface area contributed by atoms with Gasteiger partial charge < -0.3 is 14.2 Å². The number of rotatable bonds is 6. The van der Waals surface area contributed by atoms with Gasteiger partial charge in [0, 0.05) is 6.42 Å². The quantitative estimate of drug-likeness (QED) is 0.319. The third-order valence-corrected chi connectivity index (χ3v) is 4.83. The molecular weight excluding hydrogens is 356 g/mol. The topological polar surface area (TPSA) is 44.8 Å². The van der Waals surface area contributed by atoms with Crippen molar-refractivity contribution < 1.29 is 19.0 Å². The van der Waals surface area contributed by atoms with Gasteiger partial charge in [-0.1, -0.05) is 62.0 Å². The minimum atomic E-state index is -1.55. The molecule has 2 rings (SSSR count). The number of carbonyl (C=O) groups excluding carboxylic acids is 1. The molecule has 0 radical (unpaired) electrons. The van der Waals surface area contributed by atoms with Gasteiger partial charge >= 0.3 is 0 Å². The first-order valence-corrected chi connectivity index (χ1v) is 12.8. The Morgan fingerprint density at radius 3 is 2.59 bits per heavy atom. The Labute approximate surface area is 163 Å². The van der Waals surface area contributed by atoms with E-state index < -0.39 is 13.9 Å². The van der Waals surface area contributed by atoms with Gasteiger partial charge in [0.25, 0.3) is 0 Å². The van der Waals surface area contributed by atoms with E-state index in [-0.39, 0.29) is 18.3 Å². The maximum Gasteiger partial charge on any atom is 0.164 e. The van der Waals surface area contributed by atoms with E-state index in [9.17, 15) is 4.79 Å². The molecule has 1 aromatic rings. The highest BCUT2D eigenvalue weighted by atomic mass is 28.3. The molecule has 1 heterocycles. The van der Waals surface area contributed by atoms with E-state index in [2.05, 4.69) is 31.1 Å². The van der Waals surface area contributed by atoms with Crippen molar-refractivity contribution in [2.24, 2.45) is 0 Å². The summed E-state index contributed by atoms with van der Waals surface area (Å²) in [5, 5.41) is 0. The number of aldehydes is 1. The van der Waals surface area contributed by atoms with E-state index in [0.717, 1.165) is 11.8 Å². The molecule has 1 aliphatic rings. The molecule has 0 spiro atoms. The van der Waals surface area contributed by atoms with Crippen molar-refractivity contribution in [3.8, 4) is 11.5 Å². The molecule has 1 aromatic carbocycles. The molecule has 1 fully saturated rings. The molecule has 146 valence electrons. The van der Waals surface area contributed by atoms with Gasteiger partial charge in [-0.3, -0.25) is 4.79 Å². The van der Waals surface area contributed by atoms with Crippen molar-refractivity contribution in [3.05, 3.63) is 48.0 Å². The SMILES string of the molecule is CC1(C)O[C@@H](/C=C/C=O)C[C@H]([C@H](C#C[Si](C)(C)C)OCc2ccccc2)O1. The Morgan fingerprint density at radius 2 is 1.96 bits per heavy atom. The largest absolute Gasteiger partial charge is 0.358 e. The second kappa shape index (κ2) is 9.47. The molecule has 0 amide bonds. The summed E-state index contributed by atoms with van der Waals surface area (Å²) >= 11 is 0. The van der Waals surface area contributed by atoms with Crippen LogP contribution in [0.25, 0.3) is 0 Å². The highest BCUT2D eigenvalue weighted by molar-refractivity contribution is 6.83. The Balaban J connectivity index is 2.20. The van der Waals surface area contributed by atoms with Crippen molar-refractivity contribution in [1.82, 2.24) is 0 Å². The fraction of sp³-hybridized carbons (Fsp3) is 0.500. The molecule has 5 heteroatoms. The van der Waals surface area contributed by atoms with E-state index in [1.54, 1.807) is 6.08 Å². The van der Waals surface area contributed by atoms with Gasteiger partial charge in [-0.05, 0) is 25.5 Å². The molecule has 27 heavy (non-hydrogen) atoms. The molecule has 4 nitrogen and oxygen atoms in total. The minimum Gasteiger partial charge on any atom is -0.358 e. The molecule has 1 saturated heterocycles. The number of hydrogen-bond donors (Lipinski definition) is 0. The van der Waals surface area contributed by atoms with Crippen LogP contribution >= 0.6 is 0 Å². The van der Waals surface area contributed by atoms with Crippen LogP contribution < -0.4 is 0 Å². The summed E-state index contributed by atoms with van der Waals surface area (Å²) in [6.45, 7) is 10.8. The average Bonchev–Trinajstić information content (AvgIpc) is 2.58. The highest BCUT2D eigenvalue weighted by Crippen LogP contribution is 2.30. The fourth-order valence-corrected chi connectivity index (χ4v) is 3.42. The maximum atomic E-state index is 10.7. The molecule has 0 saturated carbocycles. The molecule has 1 aliphatic heterocycles. The molecule has 0 aromatic heterocycles. The molecule has 0 bridgehead atoms. The van der Waals surface area contributed by atoms with Crippen LogP contribution in [0.4, 0.5) is 0 Å². The standard InChI is InChI=1S/C22H30O4Si/c1-22(2)25-19(12-9-14-23)16-21(26-22)20(13-15-27(3,4)5)24-17-18-10-7-6-8-11-18/h6-12,14,19-21H,16-17H2,1-5H3/b12-9+/t19-,20-,21+/m0/s1. The van der Waals surface area contributed by atoms with Crippen LogP contribution in [-0.4, -0.2) is 38.5 Å². The Kier molecular flexibility index (Phi) is 7.57. The van der Waals surface area contributed by atoms with Gasteiger partial charge in [-0.15, -0.1) is 5.54 Å². The maximum absolute atomic E-state index is 10.7. The zero-order valence-electron chi connectivity index (χ0n) is 16.9. The minimum absolute atomic E-state index is 0.208. The summed E-state index contributed by atoms with van der Waals surface area (Å²) in [5.74, 6) is 2.56. The van der Waals surface area contributed by atoms with Crippen LogP contribution in [-0.2, 0) is 25.6 Å². The summed E-state index contributed by atoms with van der Waals surface area (Å²) in [6, 6.07) is 10.0. The first-order valence-electron chi connectivity index (χ1n) is 9.34. The molecule has 0 N–H and O–H groups in total. The van der Waals surface area contributed by atoms with E-state index in [4.69, 9.17) is 14.2 Å². The lowest BCUT2D eigenvalue weighted by Gasteiger charge is -2.41. The molecule has 0 unspecified atom stereocenters. The van der Waals surface area contributed by atoms with Crippen molar-refractivity contribution in [2.45, 2.75) is 70.6 Å². The number of hydrogen-bond acceptors (Lipinski definition) is 4. The lowest BCUT2D eigenvalue weighted by Crippen LogP contribution is -2.48. The van der Waals surface area contributed by atoms with E-state index in [0.29, 0.717) is 13.0 Å². The van der Waals surface area contributed by atoms with Gasteiger partial charge in [0.1, 0.15) is 26.6 Å². The highest BCUT2D eigenvalue weighted by Gasteiger charge is 2.38. The second-order valence-corrected chi connectivity index (χ2v) is 13.0. The van der Waals surface area contributed by atoms with Crippen LogP contribution in [0, 0.1) is 11.5 Å². The normalized spacial score (nSPS) is 23.4. The van der Waals surface area contributed by atoms with Gasteiger partial charge in [0.05, 0.1) is 12.7 Å². The van der Waals surface area contributed by atoms with Crippen molar-refractivity contribution >= 4 is 14.4 Å². The predicted octanol–water partition coefficient (Wildman–Crippen LogP) is 4.12. The van der Waals surface area contributed by atoms with Crippen molar-refractivity contribution in [1.29, 1.82) is 0 Å². The lowest BCUT2D eigenvalue weighted by atomic mass is 10.0. The summed E-state index contributed by atoms with van der Waals surface area (Å²) < 4.78 is 18.2. The molecular formula is C22H30O4Si. The van der Waals surface area contributed by atoms with Crippen LogP contribution in [0.1, 0.15) is 25.8 Å². The number of carbonyl (C=O) groups is 1. The van der Waals surface area contributed by atoms with Crippen LogP contribution in [0.2, 0.25) is 19.6 Å². The van der Waals surface area contributed by atoms with Crippen LogP contribution in [0.15, 0.2) is 42.5 Å². The summed E-state index contributed by atoms with van der Waals surface area (Å²) in [4.78, 5) is 10.7. The van der Waals surface area contributed by atoms with E-state index in [1.165, 1.54) is 6.08 Å². The average molecular weight is 387 g/mol. The van der Waals surface area contributed by atoms with Gasteiger partial charge in [0.15, 0.2) is 5.79 Å². The van der Waals surface area contributed by atoms with Gasteiger partial charge in [-0.2, -0.15) is 0 Å². The third-order valence-electron chi connectivity index (χ3n) is 3.94. The van der Waals surface area contributed by atoms with Crippen LogP contribution in [0.3, 0.4) is 0 Å². The van der Waals surface area contributed by atoms with E-state index >= 15 is 0 Å². The Hall–Kier alpha value is -1.71. The summed E-state index contributed by atoms with van der Waals surface area (Å²) in [5.41, 5.74) is 4.51. The first-order chi connectivity index (χ1) is 12.7. The smallest absolute Gasteiger partial charge is 0.164 e. The first kappa shape index (κ1) is 21.6. The van der Waals surface area contributed by atoms with Crippen LogP contribution in [0.5, 0.6) is 0 Å². The Morgan fingerprint density at radius 1 is 1.26 bits per heavy atom. The monoisotopic (exact) mass is 386 g/mol.